The van der Waals surface area contributed by atoms with Crippen molar-refractivity contribution in [1.82, 2.24) is 0 Å². The first-order valence-electron chi connectivity index (χ1n) is 13.0. The molecule has 9 atom stereocenters. The Bertz CT molecular complexity index is 982. The van der Waals surface area contributed by atoms with Crippen molar-refractivity contribution in [3.63, 3.8) is 0 Å². The summed E-state index contributed by atoms with van der Waals surface area (Å²) in [6.07, 6.45) is 8.30. The van der Waals surface area contributed by atoms with Crippen LogP contribution in [0.4, 0.5) is 0 Å². The van der Waals surface area contributed by atoms with Gasteiger partial charge in [-0.15, -0.1) is 0 Å². The molecule has 2 bridgehead atoms. The van der Waals surface area contributed by atoms with Gasteiger partial charge in [0.15, 0.2) is 0 Å². The normalized spacial score (nSPS) is 46.7. The van der Waals surface area contributed by atoms with Crippen molar-refractivity contribution in [3.05, 3.63) is 35.9 Å². The van der Waals surface area contributed by atoms with E-state index < -0.39 is 0 Å². The van der Waals surface area contributed by atoms with E-state index in [9.17, 15) is 9.59 Å². The monoisotopic (exact) mass is 530 g/mol. The largest absolute Gasteiger partial charge is 0.463 e. The smallest absolute Gasteiger partial charge is 0.338 e. The molecule has 0 radical (unpaired) electrons. The van der Waals surface area contributed by atoms with Crippen molar-refractivity contribution in [2.45, 2.75) is 87.9 Å². The Morgan fingerprint density at radius 2 is 1.82 bits per heavy atom. The first-order chi connectivity index (χ1) is 16.3. The van der Waals surface area contributed by atoms with Gasteiger partial charge in [0.2, 0.25) is 0 Å². The molecule has 5 aliphatic rings. The minimum absolute atomic E-state index is 0.0161. The topological polar surface area (TPSA) is 61.8 Å². The summed E-state index contributed by atoms with van der Waals surface area (Å²) in [5.74, 6) is 1.38. The van der Waals surface area contributed by atoms with Crippen LogP contribution in [0.15, 0.2) is 30.3 Å². The molecule has 0 spiro atoms. The molecule has 0 amide bonds. The van der Waals surface area contributed by atoms with E-state index in [1.54, 1.807) is 0 Å². The summed E-state index contributed by atoms with van der Waals surface area (Å²) < 4.78 is 18.2. The number of ether oxygens (including phenoxy) is 3. The van der Waals surface area contributed by atoms with Gasteiger partial charge in [0.05, 0.1) is 22.6 Å². The van der Waals surface area contributed by atoms with Crippen molar-refractivity contribution < 1.29 is 23.8 Å². The second kappa shape index (κ2) is 8.06. The fraction of sp³-hybridized carbons (Fsp3) is 0.714. The van der Waals surface area contributed by atoms with Gasteiger partial charge in [0.25, 0.3) is 0 Å². The van der Waals surface area contributed by atoms with Crippen molar-refractivity contribution in [2.24, 2.45) is 28.6 Å². The number of esters is 2. The average molecular weight is 531 g/mol. The van der Waals surface area contributed by atoms with Gasteiger partial charge in [-0.05, 0) is 74.8 Å². The van der Waals surface area contributed by atoms with Crippen LogP contribution >= 0.6 is 15.9 Å². The quantitative estimate of drug-likeness (QED) is 0.370. The first kappa shape index (κ1) is 23.0. The Morgan fingerprint density at radius 1 is 1.03 bits per heavy atom. The first-order valence-corrected chi connectivity index (χ1v) is 13.8. The molecule has 1 aromatic carbocycles. The highest BCUT2D eigenvalue weighted by molar-refractivity contribution is 9.10. The fourth-order valence-electron chi connectivity index (χ4n) is 8.95. The van der Waals surface area contributed by atoms with E-state index in [2.05, 4.69) is 22.9 Å². The molecule has 1 heterocycles. The Hall–Kier alpha value is -1.40. The number of carbonyl (C=O) groups is 2. The summed E-state index contributed by atoms with van der Waals surface area (Å²) in [6, 6.07) is 9.38. The maximum Gasteiger partial charge on any atom is 0.338 e. The maximum absolute atomic E-state index is 12.9. The third kappa shape index (κ3) is 3.20. The van der Waals surface area contributed by atoms with Crippen molar-refractivity contribution >= 4 is 27.9 Å². The molecular weight excluding hydrogens is 496 g/mol. The van der Waals surface area contributed by atoms with E-state index in [1.165, 1.54) is 6.92 Å². The van der Waals surface area contributed by atoms with Crippen LogP contribution in [0.5, 0.6) is 0 Å². The van der Waals surface area contributed by atoms with Crippen LogP contribution in [0.2, 0.25) is 0 Å². The molecule has 0 N–H and O–H groups in total. The van der Waals surface area contributed by atoms with Gasteiger partial charge in [-0.1, -0.05) is 41.1 Å². The second-order valence-electron chi connectivity index (χ2n) is 11.8. The average Bonchev–Trinajstić information content (AvgIpc) is 3.21. The standard InChI is InChI=1S/C28H35BrO5/c1-17(30)33-19-10-13-27-16-32-24(28(27,29)15-19)14-20-21-8-9-23(26(21,2)12-11-22(20)27)34-25(31)18-6-4-3-5-7-18/h3-7,19-24H,8-16H2,1-2H3/t19-,20+,21+,22+,23+,24-,26+,27+,28+/m1/s1. The molecule has 1 aliphatic heterocycles. The van der Waals surface area contributed by atoms with E-state index in [0.717, 1.165) is 58.0 Å². The molecule has 34 heavy (non-hydrogen) atoms. The number of fused-ring (bicyclic) bond motifs is 3. The van der Waals surface area contributed by atoms with Gasteiger partial charge in [-0.25, -0.2) is 4.79 Å². The van der Waals surface area contributed by atoms with E-state index in [4.69, 9.17) is 14.2 Å². The van der Waals surface area contributed by atoms with Crippen molar-refractivity contribution in [3.8, 4) is 0 Å². The van der Waals surface area contributed by atoms with Crippen molar-refractivity contribution in [1.29, 1.82) is 0 Å². The molecule has 6 heteroatoms. The summed E-state index contributed by atoms with van der Waals surface area (Å²) >= 11 is 4.22. The van der Waals surface area contributed by atoms with E-state index in [-0.39, 0.29) is 45.4 Å². The number of rotatable bonds is 3. The lowest BCUT2D eigenvalue weighted by molar-refractivity contribution is -0.154. The highest BCUT2D eigenvalue weighted by Gasteiger charge is 2.72. The number of alkyl halides is 1. The minimum Gasteiger partial charge on any atom is -0.463 e. The Morgan fingerprint density at radius 3 is 2.59 bits per heavy atom. The van der Waals surface area contributed by atoms with Crippen LogP contribution in [0.25, 0.3) is 0 Å². The summed E-state index contributed by atoms with van der Waals surface area (Å²) in [7, 11) is 0. The van der Waals surface area contributed by atoms with E-state index in [1.807, 2.05) is 30.3 Å². The Balaban J connectivity index is 1.23. The third-order valence-corrected chi connectivity index (χ3v) is 12.1. The van der Waals surface area contributed by atoms with Crippen LogP contribution in [0, 0.1) is 28.6 Å². The fourth-order valence-corrected chi connectivity index (χ4v) is 10.2. The van der Waals surface area contributed by atoms with Crippen LogP contribution in [-0.4, -0.2) is 41.2 Å². The zero-order valence-electron chi connectivity index (χ0n) is 20.1. The van der Waals surface area contributed by atoms with Gasteiger partial charge < -0.3 is 14.2 Å². The summed E-state index contributed by atoms with van der Waals surface area (Å²) in [5.41, 5.74) is 0.778. The maximum atomic E-state index is 12.9. The Labute approximate surface area is 210 Å². The third-order valence-electron chi connectivity index (χ3n) is 10.5. The number of carbonyl (C=O) groups excluding carboxylic acids is 2. The van der Waals surface area contributed by atoms with Crippen LogP contribution in [0.3, 0.4) is 0 Å². The van der Waals surface area contributed by atoms with Gasteiger partial charge in [-0.2, -0.15) is 0 Å². The lowest BCUT2D eigenvalue weighted by Gasteiger charge is -2.62. The summed E-state index contributed by atoms with van der Waals surface area (Å²) in [5, 5.41) is 0. The van der Waals surface area contributed by atoms with Gasteiger partial charge in [-0.3, -0.25) is 4.79 Å². The molecule has 5 nitrogen and oxygen atoms in total. The summed E-state index contributed by atoms with van der Waals surface area (Å²) in [6.45, 7) is 4.70. The predicted octanol–water partition coefficient (Wildman–Crippen LogP) is 5.69. The SMILES string of the molecule is CC(=O)O[C@@H]1CC[C@]23CO[C@H](C[C@H]4[C@@H]5CC[C@H](OC(=O)c6ccccc6)[C@@]5(C)CC[C@@H]42)[C@@]3(Br)C1. The highest BCUT2D eigenvalue weighted by Crippen LogP contribution is 2.72. The molecule has 5 fully saturated rings. The van der Waals surface area contributed by atoms with Crippen LogP contribution in [0.1, 0.15) is 75.6 Å². The molecular formula is C28H35BrO5. The molecule has 1 aromatic rings. The van der Waals surface area contributed by atoms with E-state index in [0.29, 0.717) is 23.3 Å². The predicted molar refractivity (Wildman–Crippen MR) is 131 cm³/mol. The van der Waals surface area contributed by atoms with Gasteiger partial charge in [0.1, 0.15) is 12.2 Å². The molecule has 0 aromatic heterocycles. The molecule has 1 saturated heterocycles. The van der Waals surface area contributed by atoms with Gasteiger partial charge in [0, 0.05) is 24.2 Å². The zero-order valence-corrected chi connectivity index (χ0v) is 21.7. The van der Waals surface area contributed by atoms with Crippen molar-refractivity contribution in [2.75, 3.05) is 6.61 Å². The number of hydrogen-bond donors (Lipinski definition) is 0. The second-order valence-corrected chi connectivity index (χ2v) is 13.2. The molecule has 0 unspecified atom stereocenters. The number of benzene rings is 1. The number of halogens is 1. The van der Waals surface area contributed by atoms with Crippen LogP contribution < -0.4 is 0 Å². The lowest BCUT2D eigenvalue weighted by Crippen LogP contribution is -2.64. The molecule has 4 aliphatic carbocycles. The molecule has 4 saturated carbocycles. The highest BCUT2D eigenvalue weighted by atomic mass is 79.9. The van der Waals surface area contributed by atoms with E-state index >= 15 is 0 Å². The summed E-state index contributed by atoms with van der Waals surface area (Å²) in [4.78, 5) is 24.5. The zero-order chi connectivity index (χ0) is 23.7. The van der Waals surface area contributed by atoms with Gasteiger partial charge >= 0.3 is 11.9 Å². The number of hydrogen-bond acceptors (Lipinski definition) is 5. The molecule has 184 valence electrons. The minimum atomic E-state index is -0.191. The molecule has 6 rings (SSSR count). The lowest BCUT2D eigenvalue weighted by atomic mass is 9.45. The van der Waals surface area contributed by atoms with Crippen LogP contribution in [-0.2, 0) is 19.0 Å². The Kier molecular flexibility index (Phi) is 5.46.